The van der Waals surface area contributed by atoms with Crippen LogP contribution < -0.4 is 10.1 Å². The molecule has 0 saturated heterocycles. The van der Waals surface area contributed by atoms with Crippen molar-refractivity contribution in [1.82, 2.24) is 4.90 Å². The van der Waals surface area contributed by atoms with Crippen LogP contribution in [0.2, 0.25) is 5.02 Å². The Morgan fingerprint density at radius 2 is 1.96 bits per heavy atom. The second kappa shape index (κ2) is 9.17. The van der Waals surface area contributed by atoms with Gasteiger partial charge in [0, 0.05) is 24.5 Å². The van der Waals surface area contributed by atoms with Crippen LogP contribution in [0.4, 0.5) is 11.4 Å². The molecule has 2 aromatic carbocycles. The van der Waals surface area contributed by atoms with E-state index in [9.17, 15) is 14.9 Å². The maximum atomic E-state index is 12.1. The Labute approximate surface area is 156 Å². The maximum Gasteiger partial charge on any atom is 0.296 e. The number of anilines is 1. The molecule has 138 valence electrons. The highest BCUT2D eigenvalue weighted by molar-refractivity contribution is 6.30. The molecule has 26 heavy (non-hydrogen) atoms. The average molecular weight is 378 g/mol. The van der Waals surface area contributed by atoms with E-state index >= 15 is 0 Å². The lowest BCUT2D eigenvalue weighted by Crippen LogP contribution is -2.24. The first-order valence-electron chi connectivity index (χ1n) is 7.94. The third-order valence-corrected chi connectivity index (χ3v) is 4.01. The molecule has 7 nitrogen and oxygen atoms in total. The van der Waals surface area contributed by atoms with Crippen LogP contribution in [0.1, 0.15) is 12.0 Å². The normalized spacial score (nSPS) is 10.6. The molecule has 0 radical (unpaired) electrons. The molecule has 0 atom stereocenters. The molecule has 0 aromatic heterocycles. The SMILES string of the molecule is COc1ccc(NC(=O)CCN(C)Cc2ccc(Cl)cc2)c([N+](=O)[O-])c1. The Morgan fingerprint density at radius 1 is 1.27 bits per heavy atom. The van der Waals surface area contributed by atoms with Crippen LogP contribution >= 0.6 is 11.6 Å². The fourth-order valence-electron chi connectivity index (χ4n) is 2.38. The van der Waals surface area contributed by atoms with Crippen molar-refractivity contribution in [3.05, 3.63) is 63.2 Å². The van der Waals surface area contributed by atoms with E-state index in [1.54, 1.807) is 6.07 Å². The van der Waals surface area contributed by atoms with E-state index in [2.05, 4.69) is 5.32 Å². The lowest BCUT2D eigenvalue weighted by atomic mass is 10.2. The van der Waals surface area contributed by atoms with Crippen molar-refractivity contribution < 1.29 is 14.5 Å². The Hall–Kier alpha value is -2.64. The first-order chi connectivity index (χ1) is 12.4. The number of amides is 1. The maximum absolute atomic E-state index is 12.1. The molecule has 0 unspecified atom stereocenters. The van der Waals surface area contributed by atoms with Crippen molar-refractivity contribution in [3.8, 4) is 5.75 Å². The molecule has 0 aliphatic rings. The Morgan fingerprint density at radius 3 is 2.58 bits per heavy atom. The summed E-state index contributed by atoms with van der Waals surface area (Å²) < 4.78 is 4.98. The first kappa shape index (κ1) is 19.7. The molecule has 8 heteroatoms. The average Bonchev–Trinajstić information content (AvgIpc) is 2.62. The van der Waals surface area contributed by atoms with Crippen molar-refractivity contribution in [2.45, 2.75) is 13.0 Å². The second-order valence-corrected chi connectivity index (χ2v) is 6.24. The van der Waals surface area contributed by atoms with Crippen LogP contribution in [-0.4, -0.2) is 36.4 Å². The summed E-state index contributed by atoms with van der Waals surface area (Å²) in [5, 5.41) is 14.4. The standard InChI is InChI=1S/C18H20ClN3O4/c1-21(12-13-3-5-14(19)6-4-13)10-9-18(23)20-16-8-7-15(26-2)11-17(16)22(24)25/h3-8,11H,9-10,12H2,1-2H3,(H,20,23). The fourth-order valence-corrected chi connectivity index (χ4v) is 2.51. The molecule has 0 bridgehead atoms. The highest BCUT2D eigenvalue weighted by Crippen LogP contribution is 2.29. The third kappa shape index (κ3) is 5.72. The van der Waals surface area contributed by atoms with Crippen molar-refractivity contribution in [2.24, 2.45) is 0 Å². The number of hydrogen-bond acceptors (Lipinski definition) is 5. The van der Waals surface area contributed by atoms with Crippen LogP contribution in [0.25, 0.3) is 0 Å². The molecular weight excluding hydrogens is 358 g/mol. The van der Waals surface area contributed by atoms with Crippen molar-refractivity contribution in [1.29, 1.82) is 0 Å². The molecular formula is C18H20ClN3O4. The van der Waals surface area contributed by atoms with E-state index in [-0.39, 0.29) is 23.7 Å². The quantitative estimate of drug-likeness (QED) is 0.559. The summed E-state index contributed by atoms with van der Waals surface area (Å²) in [5.74, 6) is 0.0682. The number of methoxy groups -OCH3 is 1. The molecule has 0 saturated carbocycles. The smallest absolute Gasteiger partial charge is 0.296 e. The molecule has 0 heterocycles. The molecule has 1 amide bonds. The van der Waals surface area contributed by atoms with E-state index in [0.29, 0.717) is 23.9 Å². The Balaban J connectivity index is 1.90. The predicted octanol–water partition coefficient (Wildman–Crippen LogP) is 3.72. The number of nitro benzene ring substituents is 1. The van der Waals surface area contributed by atoms with Gasteiger partial charge < -0.3 is 15.0 Å². The van der Waals surface area contributed by atoms with E-state index in [0.717, 1.165) is 5.56 Å². The summed E-state index contributed by atoms with van der Waals surface area (Å²) in [4.78, 5) is 24.7. The molecule has 2 aromatic rings. The van der Waals surface area contributed by atoms with E-state index in [4.69, 9.17) is 16.3 Å². The van der Waals surface area contributed by atoms with Gasteiger partial charge in [0.05, 0.1) is 18.1 Å². The van der Waals surface area contributed by atoms with Crippen molar-refractivity contribution in [3.63, 3.8) is 0 Å². The molecule has 0 fully saturated rings. The minimum atomic E-state index is -0.551. The topological polar surface area (TPSA) is 84.7 Å². The van der Waals surface area contributed by atoms with Gasteiger partial charge in [-0.25, -0.2) is 0 Å². The highest BCUT2D eigenvalue weighted by atomic mass is 35.5. The van der Waals surface area contributed by atoms with Crippen LogP contribution in [0.15, 0.2) is 42.5 Å². The van der Waals surface area contributed by atoms with Gasteiger partial charge in [-0.2, -0.15) is 0 Å². The van der Waals surface area contributed by atoms with Crippen molar-refractivity contribution >= 4 is 28.9 Å². The Kier molecular flexibility index (Phi) is 6.94. The summed E-state index contributed by atoms with van der Waals surface area (Å²) in [6.07, 6.45) is 0.216. The minimum absolute atomic E-state index is 0.154. The van der Waals surface area contributed by atoms with Crippen LogP contribution in [-0.2, 0) is 11.3 Å². The summed E-state index contributed by atoms with van der Waals surface area (Å²) in [6, 6.07) is 11.8. The lowest BCUT2D eigenvalue weighted by Gasteiger charge is -2.16. The van der Waals surface area contributed by atoms with Gasteiger partial charge in [-0.15, -0.1) is 0 Å². The third-order valence-electron chi connectivity index (χ3n) is 3.76. The van der Waals surface area contributed by atoms with Gasteiger partial charge in [-0.1, -0.05) is 23.7 Å². The van der Waals surface area contributed by atoms with E-state index in [1.165, 1.54) is 19.2 Å². The van der Waals surface area contributed by atoms with Crippen LogP contribution in [0.5, 0.6) is 5.75 Å². The fraction of sp³-hybridized carbons (Fsp3) is 0.278. The Bertz CT molecular complexity index is 781. The largest absolute Gasteiger partial charge is 0.496 e. The highest BCUT2D eigenvalue weighted by Gasteiger charge is 2.17. The number of nitrogens with one attached hydrogen (secondary N) is 1. The van der Waals surface area contributed by atoms with Crippen molar-refractivity contribution in [2.75, 3.05) is 26.0 Å². The molecule has 0 aliphatic carbocycles. The number of ether oxygens (including phenoxy) is 1. The molecule has 2 rings (SSSR count). The van der Waals surface area contributed by atoms with Gasteiger partial charge in [0.15, 0.2) is 0 Å². The first-order valence-corrected chi connectivity index (χ1v) is 8.32. The number of nitro groups is 1. The summed E-state index contributed by atoms with van der Waals surface area (Å²) >= 11 is 5.86. The zero-order valence-electron chi connectivity index (χ0n) is 14.6. The zero-order valence-corrected chi connectivity index (χ0v) is 15.3. The van der Waals surface area contributed by atoms with Crippen LogP contribution in [0.3, 0.4) is 0 Å². The lowest BCUT2D eigenvalue weighted by molar-refractivity contribution is -0.384. The number of carbonyl (C=O) groups excluding carboxylic acids is 1. The number of nitrogens with zero attached hydrogens (tertiary/aromatic N) is 2. The van der Waals surface area contributed by atoms with E-state index in [1.807, 2.05) is 36.2 Å². The number of benzene rings is 2. The number of rotatable bonds is 8. The zero-order chi connectivity index (χ0) is 19.1. The number of carbonyl (C=O) groups is 1. The summed E-state index contributed by atoms with van der Waals surface area (Å²) in [6.45, 7) is 1.19. The van der Waals surface area contributed by atoms with Gasteiger partial charge in [0.1, 0.15) is 11.4 Å². The minimum Gasteiger partial charge on any atom is -0.496 e. The second-order valence-electron chi connectivity index (χ2n) is 5.80. The number of hydrogen-bond donors (Lipinski definition) is 1. The van der Waals surface area contributed by atoms with E-state index < -0.39 is 4.92 Å². The summed E-state index contributed by atoms with van der Waals surface area (Å²) in [7, 11) is 3.32. The predicted molar refractivity (Wildman–Crippen MR) is 101 cm³/mol. The summed E-state index contributed by atoms with van der Waals surface area (Å²) in [5.41, 5.74) is 1.04. The van der Waals surface area contributed by atoms with Gasteiger partial charge in [0.2, 0.25) is 5.91 Å². The van der Waals surface area contributed by atoms with Gasteiger partial charge in [-0.05, 0) is 36.9 Å². The molecule has 0 spiro atoms. The molecule has 1 N–H and O–H groups in total. The van der Waals surface area contributed by atoms with Gasteiger partial charge in [0.25, 0.3) is 5.69 Å². The monoisotopic (exact) mass is 377 g/mol. The van der Waals surface area contributed by atoms with Crippen LogP contribution in [0, 0.1) is 10.1 Å². The number of halogens is 1. The molecule has 0 aliphatic heterocycles. The van der Waals surface area contributed by atoms with Gasteiger partial charge >= 0.3 is 0 Å². The van der Waals surface area contributed by atoms with Gasteiger partial charge in [-0.3, -0.25) is 14.9 Å².